The second-order valence-corrected chi connectivity index (χ2v) is 7.57. The minimum absolute atomic E-state index is 0.117. The van der Waals surface area contributed by atoms with Crippen molar-refractivity contribution in [3.8, 4) is 0 Å². The number of hydrogen-bond donors (Lipinski definition) is 1. The van der Waals surface area contributed by atoms with E-state index in [1.54, 1.807) is 0 Å². The largest absolute Gasteiger partial charge is 0.348 e. The van der Waals surface area contributed by atoms with Gasteiger partial charge in [0.2, 0.25) is 5.91 Å². The molecule has 1 atom stereocenters. The van der Waals surface area contributed by atoms with Crippen LogP contribution in [-0.4, -0.2) is 11.4 Å². The highest BCUT2D eigenvalue weighted by Gasteiger charge is 2.67. The quantitative estimate of drug-likeness (QED) is 0.778. The summed E-state index contributed by atoms with van der Waals surface area (Å²) in [7, 11) is 0. The Kier molecular flexibility index (Phi) is 2.08. The summed E-state index contributed by atoms with van der Waals surface area (Å²) in [5.74, 6) is 3.78. The molecule has 1 heterocycles. The Morgan fingerprint density at radius 1 is 0.900 bits per heavy atom. The third-order valence-corrected chi connectivity index (χ3v) is 6.70. The third kappa shape index (κ3) is 1.23. The first-order chi connectivity index (χ1) is 9.77. The van der Waals surface area contributed by atoms with Crippen LogP contribution in [-0.2, 0) is 4.79 Å². The highest BCUT2D eigenvalue weighted by molar-refractivity contribution is 5.93. The van der Waals surface area contributed by atoms with E-state index in [1.807, 2.05) is 6.07 Å². The van der Waals surface area contributed by atoms with Crippen LogP contribution in [0.3, 0.4) is 0 Å². The number of rotatable bonds is 1. The average Bonchev–Trinajstić information content (AvgIpc) is 2.43. The summed E-state index contributed by atoms with van der Waals surface area (Å²) in [6, 6.07) is 10.5. The summed E-state index contributed by atoms with van der Waals surface area (Å²) < 4.78 is 0. The van der Waals surface area contributed by atoms with Gasteiger partial charge in [0.1, 0.15) is 0 Å². The Hall–Kier alpha value is -1.31. The molecule has 2 nitrogen and oxygen atoms in total. The van der Waals surface area contributed by atoms with Crippen LogP contribution in [0.4, 0.5) is 0 Å². The summed E-state index contributed by atoms with van der Waals surface area (Å²) in [6.07, 6.45) is 6.90. The van der Waals surface area contributed by atoms with E-state index in [2.05, 4.69) is 29.6 Å². The van der Waals surface area contributed by atoms with Crippen molar-refractivity contribution in [3.05, 3.63) is 35.9 Å². The van der Waals surface area contributed by atoms with E-state index >= 15 is 0 Å². The standard InChI is InChI=1S/C18H21NO/c20-17-16(13-4-2-1-3-5-13)18(19-17)14-7-11-6-12(9-14)10-15(18)8-11/h1-5,11-12,14-16H,6-10H2,(H,19,20). The third-order valence-electron chi connectivity index (χ3n) is 6.70. The lowest BCUT2D eigenvalue weighted by Crippen LogP contribution is -2.78. The zero-order chi connectivity index (χ0) is 13.3. The maximum atomic E-state index is 12.3. The highest BCUT2D eigenvalue weighted by Crippen LogP contribution is 2.64. The monoisotopic (exact) mass is 267 g/mol. The van der Waals surface area contributed by atoms with Crippen molar-refractivity contribution >= 4 is 5.91 Å². The van der Waals surface area contributed by atoms with Gasteiger partial charge in [-0.25, -0.2) is 0 Å². The van der Waals surface area contributed by atoms with Crippen LogP contribution in [0, 0.1) is 23.7 Å². The smallest absolute Gasteiger partial charge is 0.230 e. The molecule has 1 amide bonds. The normalized spacial score (nSPS) is 48.2. The van der Waals surface area contributed by atoms with E-state index in [0.717, 1.165) is 23.7 Å². The number of hydrogen-bond acceptors (Lipinski definition) is 1. The highest BCUT2D eigenvalue weighted by atomic mass is 16.2. The van der Waals surface area contributed by atoms with Gasteiger partial charge in [0.25, 0.3) is 0 Å². The Labute approximate surface area is 119 Å². The number of carbonyl (C=O) groups is 1. The van der Waals surface area contributed by atoms with Crippen LogP contribution in [0.2, 0.25) is 0 Å². The molecule has 6 rings (SSSR count). The molecule has 0 radical (unpaired) electrons. The van der Waals surface area contributed by atoms with Crippen molar-refractivity contribution in [2.24, 2.45) is 23.7 Å². The molecular formula is C18H21NO. The maximum absolute atomic E-state index is 12.3. The van der Waals surface area contributed by atoms with E-state index < -0.39 is 0 Å². The first-order valence-corrected chi connectivity index (χ1v) is 8.14. The van der Waals surface area contributed by atoms with Crippen molar-refractivity contribution in [2.75, 3.05) is 0 Å². The lowest BCUT2D eigenvalue weighted by Gasteiger charge is -2.67. The van der Waals surface area contributed by atoms with Crippen LogP contribution in [0.1, 0.15) is 43.6 Å². The topological polar surface area (TPSA) is 29.1 Å². The molecule has 4 aliphatic carbocycles. The molecule has 104 valence electrons. The Balaban J connectivity index is 1.58. The minimum atomic E-state index is 0.117. The summed E-state index contributed by atoms with van der Waals surface area (Å²) >= 11 is 0. The van der Waals surface area contributed by atoms with Crippen molar-refractivity contribution in [1.82, 2.24) is 5.32 Å². The minimum Gasteiger partial charge on any atom is -0.348 e. The van der Waals surface area contributed by atoms with Crippen molar-refractivity contribution < 1.29 is 4.79 Å². The van der Waals surface area contributed by atoms with E-state index in [4.69, 9.17) is 0 Å². The van der Waals surface area contributed by atoms with Gasteiger partial charge in [-0.3, -0.25) is 4.79 Å². The Morgan fingerprint density at radius 3 is 2.05 bits per heavy atom. The van der Waals surface area contributed by atoms with Crippen LogP contribution in [0.5, 0.6) is 0 Å². The lowest BCUT2D eigenvalue weighted by atomic mass is 9.43. The van der Waals surface area contributed by atoms with Gasteiger partial charge >= 0.3 is 0 Å². The molecule has 1 saturated heterocycles. The fourth-order valence-electron chi connectivity index (χ4n) is 6.21. The molecule has 5 aliphatic rings. The predicted molar refractivity (Wildman–Crippen MR) is 77.1 cm³/mol. The second kappa shape index (κ2) is 3.66. The molecule has 20 heavy (non-hydrogen) atoms. The van der Waals surface area contributed by atoms with Crippen LogP contribution >= 0.6 is 0 Å². The van der Waals surface area contributed by atoms with E-state index in [1.165, 1.54) is 37.7 Å². The van der Waals surface area contributed by atoms with E-state index in [9.17, 15) is 4.79 Å². The molecule has 1 aliphatic heterocycles. The number of carbonyl (C=O) groups excluding carboxylic acids is 1. The molecule has 1 spiro atoms. The van der Waals surface area contributed by atoms with Gasteiger partial charge in [0.15, 0.2) is 0 Å². The molecule has 4 bridgehead atoms. The zero-order valence-electron chi connectivity index (χ0n) is 11.7. The van der Waals surface area contributed by atoms with Crippen LogP contribution < -0.4 is 5.32 Å². The fourth-order valence-corrected chi connectivity index (χ4v) is 6.21. The molecule has 4 saturated carbocycles. The number of benzene rings is 1. The summed E-state index contributed by atoms with van der Waals surface area (Å²) in [5.41, 5.74) is 1.36. The molecule has 1 unspecified atom stereocenters. The van der Waals surface area contributed by atoms with Gasteiger partial charge in [-0.1, -0.05) is 30.3 Å². The van der Waals surface area contributed by atoms with Crippen molar-refractivity contribution in [3.63, 3.8) is 0 Å². The summed E-state index contributed by atoms with van der Waals surface area (Å²) in [4.78, 5) is 12.3. The maximum Gasteiger partial charge on any atom is 0.230 e. The number of amides is 1. The van der Waals surface area contributed by atoms with E-state index in [0.29, 0.717) is 0 Å². The molecule has 0 aromatic heterocycles. The summed E-state index contributed by atoms with van der Waals surface area (Å²) in [6.45, 7) is 0. The molecule has 1 N–H and O–H groups in total. The first kappa shape index (κ1) is 11.4. The van der Waals surface area contributed by atoms with Gasteiger partial charge in [0, 0.05) is 0 Å². The van der Waals surface area contributed by atoms with E-state index in [-0.39, 0.29) is 17.4 Å². The fraction of sp³-hybridized carbons (Fsp3) is 0.611. The Morgan fingerprint density at radius 2 is 1.50 bits per heavy atom. The van der Waals surface area contributed by atoms with Gasteiger partial charge in [-0.05, 0) is 61.3 Å². The number of β-lactam (4-membered cyclic amide) rings is 1. The van der Waals surface area contributed by atoms with Crippen LogP contribution in [0.25, 0.3) is 0 Å². The van der Waals surface area contributed by atoms with Crippen LogP contribution in [0.15, 0.2) is 30.3 Å². The summed E-state index contributed by atoms with van der Waals surface area (Å²) in [5, 5.41) is 3.41. The van der Waals surface area contributed by atoms with Gasteiger partial charge < -0.3 is 5.32 Å². The van der Waals surface area contributed by atoms with Crippen molar-refractivity contribution in [2.45, 2.75) is 43.6 Å². The van der Waals surface area contributed by atoms with Crippen molar-refractivity contribution in [1.29, 1.82) is 0 Å². The second-order valence-electron chi connectivity index (χ2n) is 7.57. The van der Waals surface area contributed by atoms with Gasteiger partial charge in [-0.15, -0.1) is 0 Å². The average molecular weight is 267 g/mol. The SMILES string of the molecule is O=C1NC2(C3CC4CC(C3)CC2C4)C1c1ccccc1. The molecular weight excluding hydrogens is 246 g/mol. The zero-order valence-corrected chi connectivity index (χ0v) is 11.7. The lowest BCUT2D eigenvalue weighted by molar-refractivity contribution is -0.162. The predicted octanol–water partition coefficient (Wildman–Crippen LogP) is 3.09. The first-order valence-electron chi connectivity index (χ1n) is 8.14. The molecule has 5 fully saturated rings. The van der Waals surface area contributed by atoms with Gasteiger partial charge in [-0.2, -0.15) is 0 Å². The molecule has 2 heteroatoms. The number of nitrogens with one attached hydrogen (secondary N) is 1. The molecule has 1 aromatic rings. The molecule has 1 aromatic carbocycles. The Bertz CT molecular complexity index is 536. The van der Waals surface area contributed by atoms with Gasteiger partial charge in [0.05, 0.1) is 11.5 Å².